The van der Waals surface area contributed by atoms with Crippen molar-refractivity contribution in [2.45, 2.75) is 19.6 Å². The number of carbonyl (C=O) groups excluding carboxylic acids is 1. The van der Waals surface area contributed by atoms with Crippen LogP contribution in [0.15, 0.2) is 48.5 Å². The van der Waals surface area contributed by atoms with Crippen LogP contribution in [0.1, 0.15) is 12.5 Å². The number of nitrogens with one attached hydrogen (secondary N) is 1. The van der Waals surface area contributed by atoms with Gasteiger partial charge in [0.1, 0.15) is 5.75 Å². The molecule has 2 rings (SSSR count). The standard InChI is InChI=1S/C19H24N2O5S/c1-14(19(22)20-16-7-5-6-15(12-16)13-25-3)26-18-10-8-17(9-11-18)21(2)27(4,23)24/h5-12,14H,13H2,1-4H3,(H,20,22)/t14-/m1/s1. The zero-order chi connectivity index (χ0) is 20.0. The van der Waals surface area contributed by atoms with E-state index in [-0.39, 0.29) is 5.91 Å². The summed E-state index contributed by atoms with van der Waals surface area (Å²) < 4.78 is 35.0. The lowest BCUT2D eigenvalue weighted by Gasteiger charge is -2.18. The monoisotopic (exact) mass is 392 g/mol. The smallest absolute Gasteiger partial charge is 0.265 e. The number of hydrogen-bond acceptors (Lipinski definition) is 5. The van der Waals surface area contributed by atoms with Crippen LogP contribution in [0.2, 0.25) is 0 Å². The molecular formula is C19H24N2O5S. The van der Waals surface area contributed by atoms with E-state index in [1.807, 2.05) is 18.2 Å². The fourth-order valence-corrected chi connectivity index (χ4v) is 2.84. The van der Waals surface area contributed by atoms with E-state index in [4.69, 9.17) is 9.47 Å². The van der Waals surface area contributed by atoms with Gasteiger partial charge in [-0.3, -0.25) is 9.10 Å². The van der Waals surface area contributed by atoms with E-state index in [0.29, 0.717) is 23.7 Å². The van der Waals surface area contributed by atoms with Crippen LogP contribution in [-0.4, -0.2) is 40.8 Å². The number of ether oxygens (including phenoxy) is 2. The van der Waals surface area contributed by atoms with Gasteiger partial charge in [0, 0.05) is 19.8 Å². The highest BCUT2D eigenvalue weighted by atomic mass is 32.2. The van der Waals surface area contributed by atoms with Gasteiger partial charge in [0.25, 0.3) is 5.91 Å². The molecule has 0 radical (unpaired) electrons. The predicted octanol–water partition coefficient (Wildman–Crippen LogP) is 2.63. The molecule has 0 heterocycles. The number of benzene rings is 2. The summed E-state index contributed by atoms with van der Waals surface area (Å²) >= 11 is 0. The second kappa shape index (κ2) is 8.88. The first-order chi connectivity index (χ1) is 12.7. The molecule has 7 nitrogen and oxygen atoms in total. The van der Waals surface area contributed by atoms with Crippen molar-refractivity contribution >= 4 is 27.3 Å². The molecule has 0 aliphatic rings. The molecule has 27 heavy (non-hydrogen) atoms. The lowest BCUT2D eigenvalue weighted by Crippen LogP contribution is -2.30. The quantitative estimate of drug-likeness (QED) is 0.746. The van der Waals surface area contributed by atoms with Gasteiger partial charge in [-0.2, -0.15) is 0 Å². The maximum Gasteiger partial charge on any atom is 0.265 e. The Bertz CT molecular complexity index is 881. The number of hydrogen-bond donors (Lipinski definition) is 1. The molecule has 0 saturated heterocycles. The van der Waals surface area contributed by atoms with Crippen LogP contribution >= 0.6 is 0 Å². The van der Waals surface area contributed by atoms with Crippen LogP contribution in [0.3, 0.4) is 0 Å². The van der Waals surface area contributed by atoms with Gasteiger partial charge in [-0.25, -0.2) is 8.42 Å². The summed E-state index contributed by atoms with van der Waals surface area (Å²) in [7, 11) is -0.246. The van der Waals surface area contributed by atoms with Crippen LogP contribution in [0.4, 0.5) is 11.4 Å². The second-order valence-electron chi connectivity index (χ2n) is 6.11. The highest BCUT2D eigenvalue weighted by Crippen LogP contribution is 2.21. The van der Waals surface area contributed by atoms with Crippen molar-refractivity contribution in [3.63, 3.8) is 0 Å². The molecule has 0 fully saturated rings. The van der Waals surface area contributed by atoms with Crippen molar-refractivity contribution in [3.05, 3.63) is 54.1 Å². The van der Waals surface area contributed by atoms with E-state index in [2.05, 4.69) is 5.32 Å². The number of amides is 1. The molecule has 146 valence electrons. The number of nitrogens with zero attached hydrogens (tertiary/aromatic N) is 1. The van der Waals surface area contributed by atoms with Crippen molar-refractivity contribution in [2.24, 2.45) is 0 Å². The molecule has 1 amide bonds. The van der Waals surface area contributed by atoms with Crippen LogP contribution in [-0.2, 0) is 26.2 Å². The average molecular weight is 392 g/mol. The van der Waals surface area contributed by atoms with Crippen LogP contribution < -0.4 is 14.4 Å². The number of rotatable bonds is 8. The van der Waals surface area contributed by atoms with Crippen LogP contribution in [0.25, 0.3) is 0 Å². The van der Waals surface area contributed by atoms with E-state index in [1.54, 1.807) is 44.4 Å². The third kappa shape index (κ3) is 5.97. The Labute approximate surface area is 160 Å². The lowest BCUT2D eigenvalue weighted by atomic mass is 10.2. The van der Waals surface area contributed by atoms with E-state index in [9.17, 15) is 13.2 Å². The summed E-state index contributed by atoms with van der Waals surface area (Å²) in [5, 5.41) is 2.80. The summed E-state index contributed by atoms with van der Waals surface area (Å²) in [6, 6.07) is 13.9. The van der Waals surface area contributed by atoms with Gasteiger partial charge in [0.15, 0.2) is 6.10 Å². The van der Waals surface area contributed by atoms with Crippen LogP contribution in [0, 0.1) is 0 Å². The first-order valence-electron chi connectivity index (χ1n) is 8.30. The number of methoxy groups -OCH3 is 1. The Balaban J connectivity index is 1.99. The van der Waals surface area contributed by atoms with Crippen LogP contribution in [0.5, 0.6) is 5.75 Å². The molecule has 0 unspecified atom stereocenters. The van der Waals surface area contributed by atoms with Gasteiger partial charge in [-0.05, 0) is 48.9 Å². The maximum absolute atomic E-state index is 12.3. The topological polar surface area (TPSA) is 84.9 Å². The zero-order valence-electron chi connectivity index (χ0n) is 15.8. The fraction of sp³-hybridized carbons (Fsp3) is 0.316. The fourth-order valence-electron chi connectivity index (χ4n) is 2.33. The van der Waals surface area contributed by atoms with Gasteiger partial charge >= 0.3 is 0 Å². The van der Waals surface area contributed by atoms with E-state index < -0.39 is 16.1 Å². The number of sulfonamides is 1. The van der Waals surface area contributed by atoms with Gasteiger partial charge in [0.05, 0.1) is 18.6 Å². The molecule has 2 aromatic rings. The Morgan fingerprint density at radius 2 is 1.85 bits per heavy atom. The average Bonchev–Trinajstić information content (AvgIpc) is 2.61. The molecule has 2 aromatic carbocycles. The zero-order valence-corrected chi connectivity index (χ0v) is 16.6. The van der Waals surface area contributed by atoms with Gasteiger partial charge in [-0.1, -0.05) is 12.1 Å². The van der Waals surface area contributed by atoms with Crippen molar-refractivity contribution in [1.29, 1.82) is 0 Å². The summed E-state index contributed by atoms with van der Waals surface area (Å²) in [5.74, 6) is 0.179. The third-order valence-corrected chi connectivity index (χ3v) is 5.09. The summed E-state index contributed by atoms with van der Waals surface area (Å²) in [6.45, 7) is 2.11. The van der Waals surface area contributed by atoms with Gasteiger partial charge in [-0.15, -0.1) is 0 Å². The van der Waals surface area contributed by atoms with E-state index >= 15 is 0 Å². The molecule has 0 spiro atoms. The first kappa shape index (κ1) is 20.7. The minimum Gasteiger partial charge on any atom is -0.481 e. The van der Waals surface area contributed by atoms with E-state index in [0.717, 1.165) is 11.8 Å². The molecule has 1 atom stereocenters. The van der Waals surface area contributed by atoms with E-state index in [1.165, 1.54) is 11.4 Å². The molecule has 0 aromatic heterocycles. The maximum atomic E-state index is 12.3. The Morgan fingerprint density at radius 1 is 1.19 bits per heavy atom. The Hall–Kier alpha value is -2.58. The summed E-state index contributed by atoms with van der Waals surface area (Å²) in [5.41, 5.74) is 2.13. The summed E-state index contributed by atoms with van der Waals surface area (Å²) in [6.07, 6.45) is 0.403. The summed E-state index contributed by atoms with van der Waals surface area (Å²) in [4.78, 5) is 12.3. The highest BCUT2D eigenvalue weighted by Gasteiger charge is 2.16. The number of anilines is 2. The molecule has 0 aliphatic carbocycles. The Kier molecular flexibility index (Phi) is 6.81. The minimum atomic E-state index is -3.33. The molecule has 0 bridgehead atoms. The molecule has 0 saturated carbocycles. The van der Waals surface area contributed by atoms with Gasteiger partial charge < -0.3 is 14.8 Å². The lowest BCUT2D eigenvalue weighted by molar-refractivity contribution is -0.122. The molecule has 8 heteroatoms. The van der Waals surface area contributed by atoms with Crippen molar-refractivity contribution in [2.75, 3.05) is 30.0 Å². The van der Waals surface area contributed by atoms with Crippen molar-refractivity contribution in [1.82, 2.24) is 0 Å². The minimum absolute atomic E-state index is 0.290. The Morgan fingerprint density at radius 3 is 2.44 bits per heavy atom. The first-order valence-corrected chi connectivity index (χ1v) is 10.1. The molecule has 0 aliphatic heterocycles. The SMILES string of the molecule is COCc1cccc(NC(=O)[C@@H](C)Oc2ccc(N(C)S(C)(=O)=O)cc2)c1. The van der Waals surface area contributed by atoms with Gasteiger partial charge in [0.2, 0.25) is 10.0 Å². The second-order valence-corrected chi connectivity index (χ2v) is 8.12. The largest absolute Gasteiger partial charge is 0.481 e. The normalized spacial score (nSPS) is 12.3. The number of carbonyl (C=O) groups is 1. The van der Waals surface area contributed by atoms with Crippen molar-refractivity contribution < 1.29 is 22.7 Å². The molecular weight excluding hydrogens is 368 g/mol. The van der Waals surface area contributed by atoms with Crippen molar-refractivity contribution in [3.8, 4) is 5.75 Å². The highest BCUT2D eigenvalue weighted by molar-refractivity contribution is 7.92. The third-order valence-electron chi connectivity index (χ3n) is 3.89. The predicted molar refractivity (Wildman–Crippen MR) is 106 cm³/mol. The molecule has 1 N–H and O–H groups in total.